The van der Waals surface area contributed by atoms with E-state index in [4.69, 9.17) is 0 Å². The van der Waals surface area contributed by atoms with Gasteiger partial charge in [0.15, 0.2) is 0 Å². The molecule has 1 aromatic heterocycles. The van der Waals surface area contributed by atoms with Crippen molar-refractivity contribution in [3.05, 3.63) is 91.5 Å². The van der Waals surface area contributed by atoms with Gasteiger partial charge in [0.1, 0.15) is 5.82 Å². The van der Waals surface area contributed by atoms with Crippen molar-refractivity contribution in [1.82, 2.24) is 19.7 Å². The standard InChI is InChI=1S/C22H23FN4O3/c1-13(2)24-20(28)19-21(29)26(12-16-6-5-7-17(23)11-16)22(30)27(25-19)18-9-8-14(3)15(4)10-18/h5-11,13H,12H2,1-4H3,(H,24,28). The van der Waals surface area contributed by atoms with Crippen LogP contribution in [0.15, 0.2) is 52.1 Å². The Balaban J connectivity index is 2.23. The molecule has 30 heavy (non-hydrogen) atoms. The molecule has 0 unspecified atom stereocenters. The molecule has 0 spiro atoms. The van der Waals surface area contributed by atoms with Gasteiger partial charge in [0.2, 0.25) is 5.69 Å². The topological polar surface area (TPSA) is 86.0 Å². The van der Waals surface area contributed by atoms with E-state index < -0.39 is 28.7 Å². The van der Waals surface area contributed by atoms with Gasteiger partial charge in [-0.3, -0.25) is 14.2 Å². The van der Waals surface area contributed by atoms with Gasteiger partial charge in [0.05, 0.1) is 12.2 Å². The van der Waals surface area contributed by atoms with E-state index in [0.717, 1.165) is 20.4 Å². The Kier molecular flexibility index (Phi) is 5.96. The summed E-state index contributed by atoms with van der Waals surface area (Å²) in [4.78, 5) is 38.6. The number of nitrogens with one attached hydrogen (secondary N) is 1. The summed E-state index contributed by atoms with van der Waals surface area (Å²) in [6.45, 7) is 7.14. The Morgan fingerprint density at radius 2 is 1.83 bits per heavy atom. The van der Waals surface area contributed by atoms with Crippen molar-refractivity contribution >= 4 is 5.91 Å². The number of carbonyl (C=O) groups is 1. The van der Waals surface area contributed by atoms with E-state index in [0.29, 0.717) is 11.3 Å². The summed E-state index contributed by atoms with van der Waals surface area (Å²) in [5, 5.41) is 6.70. The molecule has 0 aliphatic rings. The van der Waals surface area contributed by atoms with E-state index in [2.05, 4.69) is 10.4 Å². The minimum Gasteiger partial charge on any atom is -0.348 e. The van der Waals surface area contributed by atoms with Crippen LogP contribution in [0.5, 0.6) is 0 Å². The van der Waals surface area contributed by atoms with Crippen LogP contribution in [0, 0.1) is 19.7 Å². The fourth-order valence-electron chi connectivity index (χ4n) is 2.97. The molecule has 0 saturated heterocycles. The summed E-state index contributed by atoms with van der Waals surface area (Å²) in [6.07, 6.45) is 0. The third-order valence-corrected chi connectivity index (χ3v) is 4.66. The molecule has 1 amide bonds. The number of benzene rings is 2. The van der Waals surface area contributed by atoms with Crippen LogP contribution in [0.25, 0.3) is 5.69 Å². The number of halogens is 1. The molecule has 0 bridgehead atoms. The molecule has 156 valence electrons. The Morgan fingerprint density at radius 3 is 2.47 bits per heavy atom. The van der Waals surface area contributed by atoms with E-state index in [1.54, 1.807) is 32.0 Å². The molecule has 2 aromatic carbocycles. The molecule has 0 aliphatic carbocycles. The number of amides is 1. The number of nitrogens with zero attached hydrogens (tertiary/aromatic N) is 3. The quantitative estimate of drug-likeness (QED) is 0.700. The van der Waals surface area contributed by atoms with Crippen molar-refractivity contribution in [1.29, 1.82) is 0 Å². The van der Waals surface area contributed by atoms with E-state index in [-0.39, 0.29) is 12.6 Å². The van der Waals surface area contributed by atoms with Crippen LogP contribution in [0.2, 0.25) is 0 Å². The summed E-state index contributed by atoms with van der Waals surface area (Å²) in [6, 6.07) is 10.7. The van der Waals surface area contributed by atoms with Crippen molar-refractivity contribution < 1.29 is 9.18 Å². The lowest BCUT2D eigenvalue weighted by Crippen LogP contribution is -2.46. The van der Waals surface area contributed by atoms with Crippen molar-refractivity contribution in [2.45, 2.75) is 40.3 Å². The first-order chi connectivity index (χ1) is 14.2. The normalized spacial score (nSPS) is 11.0. The second-order valence-corrected chi connectivity index (χ2v) is 7.46. The molecule has 0 aliphatic heterocycles. The highest BCUT2D eigenvalue weighted by Crippen LogP contribution is 2.12. The maximum absolute atomic E-state index is 13.6. The number of aromatic nitrogens is 3. The number of aryl methyl sites for hydroxylation is 2. The largest absolute Gasteiger partial charge is 0.352 e. The van der Waals surface area contributed by atoms with Gasteiger partial charge in [-0.1, -0.05) is 18.2 Å². The molecule has 7 nitrogen and oxygen atoms in total. The highest BCUT2D eigenvalue weighted by Gasteiger charge is 2.21. The average Bonchev–Trinajstić information content (AvgIpc) is 2.67. The predicted molar refractivity (Wildman–Crippen MR) is 112 cm³/mol. The second-order valence-electron chi connectivity index (χ2n) is 7.46. The highest BCUT2D eigenvalue weighted by atomic mass is 19.1. The first-order valence-electron chi connectivity index (χ1n) is 9.54. The first kappa shape index (κ1) is 21.2. The van der Waals surface area contributed by atoms with E-state index in [9.17, 15) is 18.8 Å². The van der Waals surface area contributed by atoms with E-state index in [1.165, 1.54) is 18.2 Å². The van der Waals surface area contributed by atoms with Crippen molar-refractivity contribution in [3.8, 4) is 5.69 Å². The van der Waals surface area contributed by atoms with Gasteiger partial charge in [0, 0.05) is 6.04 Å². The Labute approximate surface area is 172 Å². The molecule has 1 heterocycles. The van der Waals surface area contributed by atoms with Crippen LogP contribution in [0.3, 0.4) is 0 Å². The van der Waals surface area contributed by atoms with Gasteiger partial charge >= 0.3 is 5.69 Å². The second kappa shape index (κ2) is 8.44. The molecule has 0 fully saturated rings. The van der Waals surface area contributed by atoms with E-state index >= 15 is 0 Å². The van der Waals surface area contributed by atoms with Crippen molar-refractivity contribution in [3.63, 3.8) is 0 Å². The smallest absolute Gasteiger partial charge is 0.348 e. The molecule has 0 atom stereocenters. The van der Waals surface area contributed by atoms with Gasteiger partial charge in [-0.05, 0) is 68.7 Å². The summed E-state index contributed by atoms with van der Waals surface area (Å²) in [5.41, 5.74) is 0.848. The Morgan fingerprint density at radius 1 is 1.10 bits per heavy atom. The fourth-order valence-corrected chi connectivity index (χ4v) is 2.97. The van der Waals surface area contributed by atoms with Crippen LogP contribution < -0.4 is 16.6 Å². The molecular formula is C22H23FN4O3. The van der Waals surface area contributed by atoms with Crippen LogP contribution in [0.1, 0.15) is 41.0 Å². The molecule has 8 heteroatoms. The number of rotatable bonds is 5. The average molecular weight is 410 g/mol. The molecule has 0 radical (unpaired) electrons. The molecule has 1 N–H and O–H groups in total. The van der Waals surface area contributed by atoms with Gasteiger partial charge in [0.25, 0.3) is 11.5 Å². The van der Waals surface area contributed by atoms with Crippen molar-refractivity contribution in [2.75, 3.05) is 0 Å². The molecular weight excluding hydrogens is 387 g/mol. The minimum absolute atomic E-state index is 0.190. The van der Waals surface area contributed by atoms with Crippen molar-refractivity contribution in [2.24, 2.45) is 0 Å². The van der Waals surface area contributed by atoms with Gasteiger partial charge in [-0.2, -0.15) is 9.78 Å². The lowest BCUT2D eigenvalue weighted by Gasteiger charge is -2.14. The molecule has 3 aromatic rings. The number of hydrogen-bond acceptors (Lipinski definition) is 4. The summed E-state index contributed by atoms with van der Waals surface area (Å²) in [7, 11) is 0. The first-order valence-corrected chi connectivity index (χ1v) is 9.54. The maximum atomic E-state index is 13.6. The minimum atomic E-state index is -0.831. The maximum Gasteiger partial charge on any atom is 0.352 e. The zero-order chi connectivity index (χ0) is 22.0. The molecule has 0 saturated carbocycles. The SMILES string of the molecule is Cc1ccc(-n2nc(C(=O)NC(C)C)c(=O)n(Cc3cccc(F)c3)c2=O)cc1C. The van der Waals surface area contributed by atoms with Crippen LogP contribution in [0.4, 0.5) is 4.39 Å². The number of hydrogen-bond donors (Lipinski definition) is 1. The van der Waals surface area contributed by atoms with Crippen LogP contribution in [-0.4, -0.2) is 26.3 Å². The Bertz CT molecular complexity index is 1230. The fraction of sp³-hybridized carbons (Fsp3) is 0.273. The van der Waals surface area contributed by atoms with Gasteiger partial charge in [-0.15, -0.1) is 0 Å². The zero-order valence-electron chi connectivity index (χ0n) is 17.3. The Hall–Kier alpha value is -3.55. The molecule has 3 rings (SSSR count). The highest BCUT2D eigenvalue weighted by molar-refractivity contribution is 5.91. The summed E-state index contributed by atoms with van der Waals surface area (Å²) in [5.74, 6) is -1.16. The third-order valence-electron chi connectivity index (χ3n) is 4.66. The van der Waals surface area contributed by atoms with Gasteiger partial charge in [-0.25, -0.2) is 9.18 Å². The van der Waals surface area contributed by atoms with Gasteiger partial charge < -0.3 is 5.32 Å². The monoisotopic (exact) mass is 410 g/mol. The summed E-state index contributed by atoms with van der Waals surface area (Å²) >= 11 is 0. The lowest BCUT2D eigenvalue weighted by molar-refractivity contribution is 0.0933. The van der Waals surface area contributed by atoms with Crippen LogP contribution >= 0.6 is 0 Å². The lowest BCUT2D eigenvalue weighted by atomic mass is 10.1. The van der Waals surface area contributed by atoms with E-state index in [1.807, 2.05) is 19.9 Å². The van der Waals surface area contributed by atoms with Crippen LogP contribution in [-0.2, 0) is 6.54 Å². The predicted octanol–water partition coefficient (Wildman–Crippen LogP) is 2.34. The zero-order valence-corrected chi connectivity index (χ0v) is 17.3. The third kappa shape index (κ3) is 4.37. The summed E-state index contributed by atoms with van der Waals surface area (Å²) < 4.78 is 15.5. The number of carbonyl (C=O) groups excluding carboxylic acids is 1.